The summed E-state index contributed by atoms with van der Waals surface area (Å²) in [6.07, 6.45) is 1.34. The van der Waals surface area contributed by atoms with Gasteiger partial charge in [-0.25, -0.2) is 0 Å². The van der Waals surface area contributed by atoms with Crippen LogP contribution in [0.4, 0.5) is 5.69 Å². The molecule has 0 saturated heterocycles. The van der Waals surface area contributed by atoms with Gasteiger partial charge in [0.15, 0.2) is 0 Å². The lowest BCUT2D eigenvalue weighted by atomic mass is 9.64. The van der Waals surface area contributed by atoms with Crippen LogP contribution in [0.25, 0.3) is 0 Å². The lowest BCUT2D eigenvalue weighted by molar-refractivity contribution is -0.385. The Morgan fingerprint density at radius 1 is 1.12 bits per heavy atom. The lowest BCUT2D eigenvalue weighted by Crippen LogP contribution is -2.52. The van der Waals surface area contributed by atoms with E-state index in [9.17, 15) is 24.5 Å². The summed E-state index contributed by atoms with van der Waals surface area (Å²) in [5.74, 6) is -1.14. The van der Waals surface area contributed by atoms with Crippen molar-refractivity contribution < 1.29 is 19.3 Å². The van der Waals surface area contributed by atoms with Crippen molar-refractivity contribution in [2.24, 2.45) is 16.2 Å². The Labute approximate surface area is 150 Å². The number of hydrogen-bond donors (Lipinski definition) is 2. The molecule has 0 heterocycles. The number of nitro benzene ring substituents is 1. The van der Waals surface area contributed by atoms with Crippen LogP contribution in [0.5, 0.6) is 0 Å². The minimum absolute atomic E-state index is 0.0638. The molecule has 2 saturated carbocycles. The molecule has 2 aliphatic carbocycles. The first-order valence-electron chi connectivity index (χ1n) is 8.44. The van der Waals surface area contributed by atoms with Gasteiger partial charge in [-0.1, -0.05) is 32.9 Å². The summed E-state index contributed by atoms with van der Waals surface area (Å²) < 4.78 is 0. The molecule has 2 aliphatic rings. The molecule has 8 nitrogen and oxygen atoms in total. The number of para-hydroxylation sites is 1. The number of hydrogen-bond acceptors (Lipinski definition) is 5. The number of nitro groups is 1. The number of fused-ring (bicyclic) bond motifs is 2. The van der Waals surface area contributed by atoms with Gasteiger partial charge in [0.2, 0.25) is 5.91 Å². The second-order valence-corrected chi connectivity index (χ2v) is 7.82. The number of carbonyl (C=O) groups excluding carboxylic acids is 3. The molecule has 1 aromatic carbocycles. The zero-order valence-electron chi connectivity index (χ0n) is 14.9. The summed E-state index contributed by atoms with van der Waals surface area (Å²) in [7, 11) is 0. The number of nitrogens with one attached hydrogen (secondary N) is 2. The molecule has 26 heavy (non-hydrogen) atoms. The molecule has 138 valence electrons. The van der Waals surface area contributed by atoms with E-state index in [1.54, 1.807) is 0 Å². The van der Waals surface area contributed by atoms with E-state index in [0.717, 1.165) is 0 Å². The summed E-state index contributed by atoms with van der Waals surface area (Å²) in [4.78, 5) is 48.0. The van der Waals surface area contributed by atoms with Crippen molar-refractivity contribution >= 4 is 23.3 Å². The van der Waals surface area contributed by atoms with Gasteiger partial charge >= 0.3 is 0 Å². The normalized spacial score (nSPS) is 28.7. The van der Waals surface area contributed by atoms with E-state index < -0.39 is 33.0 Å². The fourth-order valence-electron chi connectivity index (χ4n) is 4.49. The summed E-state index contributed by atoms with van der Waals surface area (Å²) in [5.41, 5.74) is 2.19. The van der Waals surface area contributed by atoms with Crippen LogP contribution < -0.4 is 10.9 Å². The molecule has 2 unspecified atom stereocenters. The van der Waals surface area contributed by atoms with Crippen LogP contribution in [0, 0.1) is 26.4 Å². The molecule has 1 aromatic rings. The fourth-order valence-corrected chi connectivity index (χ4v) is 4.49. The summed E-state index contributed by atoms with van der Waals surface area (Å²) in [6, 6.07) is 5.49. The van der Waals surface area contributed by atoms with Gasteiger partial charge < -0.3 is 0 Å². The number of amides is 2. The third-order valence-electron chi connectivity index (χ3n) is 6.77. The van der Waals surface area contributed by atoms with Gasteiger partial charge in [0.05, 0.1) is 10.3 Å². The van der Waals surface area contributed by atoms with Crippen LogP contribution in [-0.2, 0) is 9.59 Å². The quantitative estimate of drug-likeness (QED) is 0.633. The van der Waals surface area contributed by atoms with Crippen LogP contribution in [0.3, 0.4) is 0 Å². The van der Waals surface area contributed by atoms with Gasteiger partial charge in [0, 0.05) is 17.9 Å². The van der Waals surface area contributed by atoms with E-state index in [1.807, 2.05) is 20.8 Å². The minimum Gasteiger partial charge on any atom is -0.299 e. The highest BCUT2D eigenvalue weighted by molar-refractivity contribution is 6.02. The van der Waals surface area contributed by atoms with Crippen molar-refractivity contribution in [2.45, 2.75) is 40.0 Å². The Kier molecular flexibility index (Phi) is 3.90. The summed E-state index contributed by atoms with van der Waals surface area (Å²) in [5, 5.41) is 11.0. The monoisotopic (exact) mass is 359 g/mol. The number of ketones is 1. The summed E-state index contributed by atoms with van der Waals surface area (Å²) in [6.45, 7) is 5.71. The van der Waals surface area contributed by atoms with Crippen LogP contribution in [-0.4, -0.2) is 22.5 Å². The molecule has 2 amide bonds. The highest BCUT2D eigenvalue weighted by atomic mass is 16.6. The molecule has 0 aliphatic heterocycles. The molecular weight excluding hydrogens is 338 g/mol. The van der Waals surface area contributed by atoms with E-state index in [2.05, 4.69) is 10.9 Å². The maximum Gasteiger partial charge on any atom is 0.282 e. The van der Waals surface area contributed by atoms with Crippen LogP contribution in [0.2, 0.25) is 0 Å². The molecule has 0 aromatic heterocycles. The van der Waals surface area contributed by atoms with Crippen molar-refractivity contribution in [3.8, 4) is 0 Å². The van der Waals surface area contributed by atoms with Crippen LogP contribution >= 0.6 is 0 Å². The van der Waals surface area contributed by atoms with Crippen molar-refractivity contribution in [1.82, 2.24) is 10.9 Å². The lowest BCUT2D eigenvalue weighted by Gasteiger charge is -2.38. The molecule has 2 fully saturated rings. The van der Waals surface area contributed by atoms with Gasteiger partial charge in [-0.05, 0) is 24.3 Å². The molecule has 8 heteroatoms. The highest BCUT2D eigenvalue weighted by Crippen LogP contribution is 2.70. The molecule has 2 atom stereocenters. The molecule has 2 bridgehead atoms. The first kappa shape index (κ1) is 18.0. The van der Waals surface area contributed by atoms with Crippen molar-refractivity contribution in [1.29, 1.82) is 0 Å². The van der Waals surface area contributed by atoms with E-state index in [0.29, 0.717) is 12.8 Å². The maximum absolute atomic E-state index is 12.9. The minimum atomic E-state index is -0.880. The zero-order chi connectivity index (χ0) is 19.3. The molecule has 0 spiro atoms. The predicted molar refractivity (Wildman–Crippen MR) is 91.9 cm³/mol. The SMILES string of the molecule is CC12CCC(C(=O)NNC(=O)c3ccccc3[N+](=O)[O-])(CC1=O)C2(C)C. The van der Waals surface area contributed by atoms with Gasteiger partial charge in [0.1, 0.15) is 11.3 Å². The molecule has 0 radical (unpaired) electrons. The average molecular weight is 359 g/mol. The van der Waals surface area contributed by atoms with Crippen molar-refractivity contribution in [2.75, 3.05) is 0 Å². The molecular formula is C18H21N3O5. The highest BCUT2D eigenvalue weighted by Gasteiger charge is 2.72. The van der Waals surface area contributed by atoms with Crippen LogP contribution in [0.1, 0.15) is 50.4 Å². The third kappa shape index (κ3) is 2.17. The Morgan fingerprint density at radius 3 is 2.31 bits per heavy atom. The van der Waals surface area contributed by atoms with E-state index in [-0.39, 0.29) is 23.5 Å². The Bertz CT molecular complexity index is 834. The summed E-state index contributed by atoms with van der Waals surface area (Å²) >= 11 is 0. The van der Waals surface area contributed by atoms with Gasteiger partial charge in [-0.3, -0.25) is 35.3 Å². The third-order valence-corrected chi connectivity index (χ3v) is 6.77. The number of nitrogens with zero attached hydrogens (tertiary/aromatic N) is 1. The second-order valence-electron chi connectivity index (χ2n) is 7.82. The number of Topliss-reactive ketones (excluding diaryl/α,β-unsaturated/α-hetero) is 1. The van der Waals surface area contributed by atoms with Gasteiger partial charge in [-0.15, -0.1) is 0 Å². The first-order valence-corrected chi connectivity index (χ1v) is 8.44. The topological polar surface area (TPSA) is 118 Å². The average Bonchev–Trinajstić information content (AvgIpc) is 2.89. The fraction of sp³-hybridized carbons (Fsp3) is 0.500. The number of benzene rings is 1. The van der Waals surface area contributed by atoms with Crippen molar-refractivity contribution in [3.63, 3.8) is 0 Å². The Hall–Kier alpha value is -2.77. The van der Waals surface area contributed by atoms with Gasteiger partial charge in [0.25, 0.3) is 11.6 Å². The second kappa shape index (κ2) is 5.62. The van der Waals surface area contributed by atoms with Crippen LogP contribution in [0.15, 0.2) is 24.3 Å². The Balaban J connectivity index is 1.77. The molecule has 3 rings (SSSR count). The van der Waals surface area contributed by atoms with Crippen molar-refractivity contribution in [3.05, 3.63) is 39.9 Å². The first-order chi connectivity index (χ1) is 12.1. The number of carbonyl (C=O) groups is 3. The largest absolute Gasteiger partial charge is 0.299 e. The Morgan fingerprint density at radius 2 is 1.77 bits per heavy atom. The molecule has 2 N–H and O–H groups in total. The standard InChI is InChI=1S/C18H21N3O5/c1-16(2)17(3)8-9-18(16,10-13(17)22)15(24)20-19-14(23)11-6-4-5-7-12(11)21(25)26/h4-7H,8-10H2,1-3H3,(H,19,23)(H,20,24). The smallest absolute Gasteiger partial charge is 0.282 e. The van der Waals surface area contributed by atoms with Gasteiger partial charge in [-0.2, -0.15) is 0 Å². The van der Waals surface area contributed by atoms with E-state index >= 15 is 0 Å². The zero-order valence-corrected chi connectivity index (χ0v) is 14.9. The van der Waals surface area contributed by atoms with E-state index in [4.69, 9.17) is 0 Å². The predicted octanol–water partition coefficient (Wildman–Crippen LogP) is 2.14. The number of rotatable bonds is 3. The maximum atomic E-state index is 12.9. The number of hydrazine groups is 1. The van der Waals surface area contributed by atoms with E-state index in [1.165, 1.54) is 24.3 Å².